The van der Waals surface area contributed by atoms with Crippen LogP contribution >= 0.6 is 23.2 Å². The largest absolute Gasteiger partial charge is 0.489 e. The van der Waals surface area contributed by atoms with Crippen LogP contribution in [0.4, 0.5) is 16.2 Å². The number of likely N-dealkylation sites (tertiary alicyclic amines) is 1. The van der Waals surface area contributed by atoms with Crippen LogP contribution < -0.4 is 15.4 Å². The summed E-state index contributed by atoms with van der Waals surface area (Å²) in [4.78, 5) is 50.9. The molecule has 11 nitrogen and oxygen atoms in total. The molecule has 1 saturated heterocycles. The van der Waals surface area contributed by atoms with E-state index in [0.29, 0.717) is 36.7 Å². The molecule has 0 radical (unpaired) electrons. The topological polar surface area (TPSA) is 140 Å². The Balaban J connectivity index is 1.69. The van der Waals surface area contributed by atoms with Gasteiger partial charge in [0.1, 0.15) is 23.5 Å². The quantitative estimate of drug-likeness (QED) is 0.273. The molecule has 0 saturated carbocycles. The van der Waals surface area contributed by atoms with Gasteiger partial charge in [0.2, 0.25) is 5.91 Å². The van der Waals surface area contributed by atoms with Crippen molar-refractivity contribution in [3.63, 3.8) is 0 Å². The van der Waals surface area contributed by atoms with E-state index in [0.717, 1.165) is 6.07 Å². The zero-order valence-corrected chi connectivity index (χ0v) is 25.0. The van der Waals surface area contributed by atoms with E-state index in [1.165, 1.54) is 18.2 Å². The minimum atomic E-state index is -0.974. The van der Waals surface area contributed by atoms with Crippen LogP contribution in [-0.4, -0.2) is 58.6 Å². The number of amides is 3. The number of carbonyl (C=O) groups excluding carboxylic acids is 3. The summed E-state index contributed by atoms with van der Waals surface area (Å²) in [6.07, 6.45) is 0.441. The summed E-state index contributed by atoms with van der Waals surface area (Å²) in [5, 5.41) is 16.6. The number of hydrogen-bond donors (Lipinski definition) is 2. The molecule has 13 heteroatoms. The average molecular weight is 610 g/mol. The predicted octanol–water partition coefficient (Wildman–Crippen LogP) is 6.07. The predicted molar refractivity (Wildman–Crippen MR) is 156 cm³/mol. The van der Waals surface area contributed by atoms with E-state index in [-0.39, 0.29) is 40.1 Å². The third-order valence-electron chi connectivity index (χ3n) is 6.23. The van der Waals surface area contributed by atoms with Crippen molar-refractivity contribution in [3.05, 3.63) is 62.1 Å². The maximum Gasteiger partial charge on any atom is 0.410 e. The van der Waals surface area contributed by atoms with Crippen molar-refractivity contribution in [2.45, 2.75) is 65.2 Å². The molecule has 1 aliphatic rings. The number of benzene rings is 2. The van der Waals surface area contributed by atoms with Crippen molar-refractivity contribution in [2.75, 3.05) is 18.4 Å². The van der Waals surface area contributed by atoms with Crippen molar-refractivity contribution in [3.8, 4) is 5.75 Å². The molecule has 0 aromatic heterocycles. The summed E-state index contributed by atoms with van der Waals surface area (Å²) in [6.45, 7) is 9.83. The first kappa shape index (κ1) is 32.0. The van der Waals surface area contributed by atoms with E-state index in [9.17, 15) is 24.5 Å². The molecule has 3 rings (SSSR count). The third-order valence-corrected chi connectivity index (χ3v) is 6.78. The van der Waals surface area contributed by atoms with Crippen LogP contribution in [0.15, 0.2) is 36.4 Å². The Labute approximate surface area is 248 Å². The molecule has 41 heavy (non-hydrogen) atoms. The van der Waals surface area contributed by atoms with E-state index in [4.69, 9.17) is 32.7 Å². The zero-order chi connectivity index (χ0) is 30.5. The number of nitro groups is 1. The van der Waals surface area contributed by atoms with Gasteiger partial charge in [-0.05, 0) is 51.0 Å². The summed E-state index contributed by atoms with van der Waals surface area (Å²) in [5.41, 5.74) is -0.481. The van der Waals surface area contributed by atoms with Crippen molar-refractivity contribution < 1.29 is 28.8 Å². The lowest BCUT2D eigenvalue weighted by atomic mass is 10.0. The number of nitro benzene ring substituents is 1. The molecule has 1 heterocycles. The monoisotopic (exact) mass is 608 g/mol. The second-order valence-electron chi connectivity index (χ2n) is 11.0. The summed E-state index contributed by atoms with van der Waals surface area (Å²) in [6, 6.07) is 7.37. The van der Waals surface area contributed by atoms with Gasteiger partial charge in [-0.15, -0.1) is 0 Å². The number of piperidine rings is 1. The van der Waals surface area contributed by atoms with Gasteiger partial charge in [0, 0.05) is 43.1 Å². The summed E-state index contributed by atoms with van der Waals surface area (Å²) in [5.74, 6) is -1.15. The average Bonchev–Trinajstić information content (AvgIpc) is 2.88. The maximum atomic E-state index is 13.4. The normalized spacial score (nSPS) is 14.8. The molecular formula is C28H34Cl2N4O7. The van der Waals surface area contributed by atoms with Crippen LogP contribution in [0.3, 0.4) is 0 Å². The van der Waals surface area contributed by atoms with Crippen LogP contribution in [0, 0.1) is 16.0 Å². The van der Waals surface area contributed by atoms with Gasteiger partial charge >= 0.3 is 6.09 Å². The molecule has 0 spiro atoms. The first-order chi connectivity index (χ1) is 19.1. The summed E-state index contributed by atoms with van der Waals surface area (Å²) in [7, 11) is 0. The number of non-ortho nitro benzene ring substituents is 1. The molecule has 0 aliphatic carbocycles. The van der Waals surface area contributed by atoms with Crippen LogP contribution in [0.5, 0.6) is 5.75 Å². The van der Waals surface area contributed by atoms with Crippen molar-refractivity contribution in [2.24, 2.45) is 5.92 Å². The molecule has 1 aliphatic heterocycles. The van der Waals surface area contributed by atoms with E-state index >= 15 is 0 Å². The van der Waals surface area contributed by atoms with Crippen LogP contribution in [0.1, 0.15) is 57.8 Å². The van der Waals surface area contributed by atoms with Gasteiger partial charge in [-0.1, -0.05) is 37.0 Å². The summed E-state index contributed by atoms with van der Waals surface area (Å²) >= 11 is 12.3. The van der Waals surface area contributed by atoms with Gasteiger partial charge in [0.05, 0.1) is 21.2 Å². The van der Waals surface area contributed by atoms with Gasteiger partial charge in [0.25, 0.3) is 11.6 Å². The van der Waals surface area contributed by atoms with Crippen molar-refractivity contribution in [1.82, 2.24) is 10.2 Å². The number of hydrogen-bond acceptors (Lipinski definition) is 7. The summed E-state index contributed by atoms with van der Waals surface area (Å²) < 4.78 is 11.6. The molecule has 2 aromatic carbocycles. The molecule has 2 N–H and O–H groups in total. The first-order valence-electron chi connectivity index (χ1n) is 13.1. The Hall–Kier alpha value is -3.57. The molecule has 0 bridgehead atoms. The molecule has 0 unspecified atom stereocenters. The SMILES string of the molecule is CC(C)[C@H](NC(=O)c1cc(Cl)ccc1OC1CCN(C(=O)OC(C)(C)C)CC1)C(=O)Nc1ccc([N+](=O)[O-])cc1Cl. The number of carbonyl (C=O) groups is 3. The molecule has 222 valence electrons. The zero-order valence-electron chi connectivity index (χ0n) is 23.5. The molecule has 1 atom stereocenters. The van der Waals surface area contributed by atoms with Gasteiger partial charge in [-0.25, -0.2) is 4.79 Å². The van der Waals surface area contributed by atoms with Crippen molar-refractivity contribution in [1.29, 1.82) is 0 Å². The first-order valence-corrected chi connectivity index (χ1v) is 13.9. The van der Waals surface area contributed by atoms with Crippen LogP contribution in [0.25, 0.3) is 0 Å². The third kappa shape index (κ3) is 8.96. The number of rotatable bonds is 8. The van der Waals surface area contributed by atoms with Gasteiger partial charge in [-0.3, -0.25) is 19.7 Å². The number of halogens is 2. The van der Waals surface area contributed by atoms with E-state index in [1.54, 1.807) is 30.9 Å². The minimum absolute atomic E-state index is 0.00961. The molecule has 2 aromatic rings. The lowest BCUT2D eigenvalue weighted by Crippen LogP contribution is -2.47. The highest BCUT2D eigenvalue weighted by Gasteiger charge is 2.30. The maximum absolute atomic E-state index is 13.4. The highest BCUT2D eigenvalue weighted by molar-refractivity contribution is 6.34. The van der Waals surface area contributed by atoms with E-state index in [2.05, 4.69) is 10.6 Å². The fourth-order valence-electron chi connectivity index (χ4n) is 4.13. The minimum Gasteiger partial charge on any atom is -0.489 e. The second-order valence-corrected chi connectivity index (χ2v) is 11.9. The van der Waals surface area contributed by atoms with Gasteiger partial charge in [-0.2, -0.15) is 0 Å². The fraction of sp³-hybridized carbons (Fsp3) is 0.464. The lowest BCUT2D eigenvalue weighted by molar-refractivity contribution is -0.384. The molecule has 1 fully saturated rings. The van der Waals surface area contributed by atoms with Gasteiger partial charge in [0.15, 0.2) is 0 Å². The smallest absolute Gasteiger partial charge is 0.410 e. The Bertz CT molecular complexity index is 1300. The Morgan fingerprint density at radius 2 is 1.73 bits per heavy atom. The number of nitrogens with one attached hydrogen (secondary N) is 2. The highest BCUT2D eigenvalue weighted by atomic mass is 35.5. The van der Waals surface area contributed by atoms with Crippen LogP contribution in [0.2, 0.25) is 10.0 Å². The van der Waals surface area contributed by atoms with E-state index in [1.807, 2.05) is 20.8 Å². The number of ether oxygens (including phenoxy) is 2. The Morgan fingerprint density at radius 3 is 2.29 bits per heavy atom. The Morgan fingerprint density at radius 1 is 1.07 bits per heavy atom. The Kier molecular flexibility index (Phi) is 10.4. The molecule has 3 amide bonds. The van der Waals surface area contributed by atoms with Crippen molar-refractivity contribution >= 4 is 52.5 Å². The second kappa shape index (κ2) is 13.4. The molecular weight excluding hydrogens is 575 g/mol. The number of anilines is 1. The van der Waals surface area contributed by atoms with Gasteiger partial charge < -0.3 is 25.0 Å². The van der Waals surface area contributed by atoms with Crippen LogP contribution in [-0.2, 0) is 9.53 Å². The number of nitrogens with zero attached hydrogens (tertiary/aromatic N) is 2. The van der Waals surface area contributed by atoms with E-state index < -0.39 is 28.4 Å². The lowest BCUT2D eigenvalue weighted by Gasteiger charge is -2.33. The highest BCUT2D eigenvalue weighted by Crippen LogP contribution is 2.29. The standard InChI is InChI=1S/C28H34Cl2N4O7/c1-16(2)24(26(36)31-22-8-7-18(34(38)39)15-21(22)30)32-25(35)20-14-17(29)6-9-23(20)40-19-10-12-33(13-11-19)27(37)41-28(3,4)5/h6-9,14-16,19,24H,10-13H2,1-5H3,(H,31,36)(H,32,35)/t24-/m0/s1. The fourth-order valence-corrected chi connectivity index (χ4v) is 4.52.